The summed E-state index contributed by atoms with van der Waals surface area (Å²) in [5.74, 6) is -5.69. The number of carbonyl (C=O) groups is 1. The van der Waals surface area contributed by atoms with Crippen molar-refractivity contribution in [1.29, 1.82) is 0 Å². The molecule has 2 saturated heterocycles. The molecule has 14 heteroatoms. The highest BCUT2D eigenvalue weighted by atomic mass is 31.2. The van der Waals surface area contributed by atoms with Crippen molar-refractivity contribution in [3.63, 3.8) is 0 Å². The minimum Gasteiger partial charge on any atom is -0.481 e. The van der Waals surface area contributed by atoms with Gasteiger partial charge in [0, 0.05) is 6.20 Å². The lowest BCUT2D eigenvalue weighted by Gasteiger charge is -2.38. The number of alkyl halides is 2. The summed E-state index contributed by atoms with van der Waals surface area (Å²) in [5.41, 5.74) is 4.32. The molecule has 2 aliphatic rings. The average Bonchev–Trinajstić information content (AvgIpc) is 2.85. The molecule has 1 aromatic rings. The molecule has 0 bridgehead atoms. The highest BCUT2D eigenvalue weighted by molar-refractivity contribution is 7.55. The maximum Gasteiger partial charge on any atom is 0.378 e. The number of nitrogens with zero attached hydrogens (tertiary/aromatic N) is 2. The largest absolute Gasteiger partial charge is 0.481 e. The van der Waals surface area contributed by atoms with Gasteiger partial charge >= 0.3 is 25.8 Å². The molecular formula is C14H19F2N3O8P. The van der Waals surface area contributed by atoms with E-state index < -0.39 is 56.7 Å². The van der Waals surface area contributed by atoms with Crippen molar-refractivity contribution in [3.8, 4) is 0 Å². The Kier molecular flexibility index (Phi) is 5.67. The number of hydrogen-bond donors (Lipinski definition) is 3. The fourth-order valence-corrected chi connectivity index (χ4v) is 4.14. The number of nitrogen functional groups attached to an aromatic ring is 1. The summed E-state index contributed by atoms with van der Waals surface area (Å²) in [7, 11) is -4.11. The van der Waals surface area contributed by atoms with Gasteiger partial charge in [-0.1, -0.05) is 6.92 Å². The second kappa shape index (κ2) is 7.58. The van der Waals surface area contributed by atoms with E-state index in [-0.39, 0.29) is 18.8 Å². The monoisotopic (exact) mass is 426 g/mol. The molecule has 28 heavy (non-hydrogen) atoms. The zero-order valence-corrected chi connectivity index (χ0v) is 15.5. The van der Waals surface area contributed by atoms with E-state index in [1.165, 1.54) is 6.92 Å². The van der Waals surface area contributed by atoms with Crippen molar-refractivity contribution >= 4 is 20.0 Å². The molecule has 157 valence electrons. The number of anilines is 1. The summed E-state index contributed by atoms with van der Waals surface area (Å²) in [4.78, 5) is 36.3. The predicted octanol–water partition coefficient (Wildman–Crippen LogP) is 0.571. The number of hydrogen-bond acceptors (Lipinski definition) is 9. The third-order valence-corrected chi connectivity index (χ3v) is 5.81. The zero-order chi connectivity index (χ0) is 20.7. The maximum atomic E-state index is 14.9. The van der Waals surface area contributed by atoms with Crippen LogP contribution in [0.4, 0.5) is 14.6 Å². The van der Waals surface area contributed by atoms with Gasteiger partial charge in [0.1, 0.15) is 11.9 Å². The van der Waals surface area contributed by atoms with E-state index >= 15 is 0 Å². The van der Waals surface area contributed by atoms with E-state index in [0.717, 1.165) is 12.3 Å². The van der Waals surface area contributed by atoms with Gasteiger partial charge in [-0.3, -0.25) is 22.9 Å². The second-order valence-electron chi connectivity index (χ2n) is 6.40. The molecule has 0 spiro atoms. The number of aromatic nitrogens is 2. The first-order valence-corrected chi connectivity index (χ1v) is 9.73. The zero-order valence-electron chi connectivity index (χ0n) is 14.6. The van der Waals surface area contributed by atoms with Gasteiger partial charge in [0.25, 0.3) is 0 Å². The average molecular weight is 426 g/mol. The van der Waals surface area contributed by atoms with Gasteiger partial charge < -0.3 is 20.5 Å². The Morgan fingerprint density at radius 2 is 2.32 bits per heavy atom. The van der Waals surface area contributed by atoms with Crippen molar-refractivity contribution in [2.45, 2.75) is 37.7 Å². The molecule has 11 nitrogen and oxygen atoms in total. The van der Waals surface area contributed by atoms with E-state index in [9.17, 15) is 23.3 Å². The Bertz CT molecular complexity index is 811. The van der Waals surface area contributed by atoms with Crippen molar-refractivity contribution in [2.24, 2.45) is 5.92 Å². The lowest BCUT2D eigenvalue weighted by molar-refractivity contribution is -0.143. The molecule has 1 aromatic heterocycles. The van der Waals surface area contributed by atoms with Gasteiger partial charge in [-0.15, -0.1) is 0 Å². The van der Waals surface area contributed by atoms with Crippen LogP contribution in [0, 0.1) is 5.92 Å². The molecular weight excluding hydrogens is 407 g/mol. The van der Waals surface area contributed by atoms with E-state index in [2.05, 4.69) is 4.98 Å². The van der Waals surface area contributed by atoms with Crippen LogP contribution in [0.2, 0.25) is 0 Å². The molecule has 4 N–H and O–H groups in total. The first-order valence-electron chi connectivity index (χ1n) is 8.23. The summed E-state index contributed by atoms with van der Waals surface area (Å²) in [6.07, 6.45) is -4.21. The Balaban J connectivity index is 1.72. The highest BCUT2D eigenvalue weighted by Gasteiger charge is 2.65. The van der Waals surface area contributed by atoms with Crippen LogP contribution in [0.15, 0.2) is 17.1 Å². The number of fused-ring (bicyclic) bond motifs is 1. The first-order chi connectivity index (χ1) is 13.0. The van der Waals surface area contributed by atoms with Crippen LogP contribution >= 0.6 is 8.17 Å². The summed E-state index contributed by atoms with van der Waals surface area (Å²) >= 11 is 0. The summed E-state index contributed by atoms with van der Waals surface area (Å²) < 4.78 is 50.6. The van der Waals surface area contributed by atoms with E-state index in [4.69, 9.17) is 29.1 Å². The lowest BCUT2D eigenvalue weighted by Crippen LogP contribution is -2.46. The number of halogens is 2. The van der Waals surface area contributed by atoms with Crippen molar-refractivity contribution in [2.75, 3.05) is 18.9 Å². The summed E-state index contributed by atoms with van der Waals surface area (Å²) in [6.45, 7) is 0.688. The number of carboxylic acid groups (broad SMARTS) is 1. The fraction of sp³-hybridized carbons (Fsp3) is 0.643. The Hall–Kier alpha value is -1.76. The molecule has 1 unspecified atom stereocenters. The minimum absolute atomic E-state index is 0.0144. The Labute approximate surface area is 157 Å². The molecule has 3 rings (SSSR count). The van der Waals surface area contributed by atoms with E-state index in [1.807, 2.05) is 0 Å². The quantitative estimate of drug-likeness (QED) is 0.550. The summed E-state index contributed by atoms with van der Waals surface area (Å²) in [6, 6.07) is 1.16. The molecule has 2 aliphatic heterocycles. The number of ether oxygens (including phenoxy) is 1. The van der Waals surface area contributed by atoms with E-state index in [0.29, 0.717) is 4.57 Å². The number of nitrogens with two attached hydrogens (primary N) is 1. The number of rotatable bonds is 6. The molecule has 0 aromatic carbocycles. The van der Waals surface area contributed by atoms with Crippen LogP contribution in [0.25, 0.3) is 0 Å². The van der Waals surface area contributed by atoms with E-state index in [1.54, 1.807) is 0 Å². The smallest absolute Gasteiger partial charge is 0.378 e. The van der Waals surface area contributed by atoms with Gasteiger partial charge in [0.2, 0.25) is 6.23 Å². The Morgan fingerprint density at radius 1 is 1.61 bits per heavy atom. The van der Waals surface area contributed by atoms with Gasteiger partial charge in [-0.25, -0.2) is 4.79 Å². The minimum atomic E-state index is -4.11. The Morgan fingerprint density at radius 3 is 2.96 bits per heavy atom. The molecule has 0 aliphatic carbocycles. The SMILES string of the molecule is CC(CCO[P@]1(O)OC[C@H]2O[C@@H](n3ccc(N)nc3=O)C(F)(F)[C@@H]2O1)C(=O)O. The van der Waals surface area contributed by atoms with Crippen LogP contribution in [-0.4, -0.2) is 56.9 Å². The molecule has 2 fully saturated rings. The standard InChI is InChI=1S/C14H19F2N3O8P/c1-7(11(20)21)3-5-24-28(23)25-6-8-10(27-28)14(15,16)12(26-8)19-4-2-9(17)18-13(19)22/h2,4,7-8,10,12,23H,3,5-6H2,1H3,(H,20,21)(H2,17,18,22)/t7?,8-,10-,12-/m1/s1. The predicted molar refractivity (Wildman–Crippen MR) is 89.1 cm³/mol. The molecule has 0 saturated carbocycles. The summed E-state index contributed by atoms with van der Waals surface area (Å²) in [5, 5.41) is 8.82. The molecule has 5 atom stereocenters. The van der Waals surface area contributed by atoms with Crippen LogP contribution < -0.4 is 11.4 Å². The van der Waals surface area contributed by atoms with Crippen molar-refractivity contribution < 1.29 is 41.9 Å². The third-order valence-electron chi connectivity index (χ3n) is 4.33. The second-order valence-corrected chi connectivity index (χ2v) is 8.06. The van der Waals surface area contributed by atoms with Crippen LogP contribution in [0.5, 0.6) is 0 Å². The highest BCUT2D eigenvalue weighted by Crippen LogP contribution is 2.65. The molecule has 3 heterocycles. The van der Waals surface area contributed by atoms with Gasteiger partial charge in [-0.2, -0.15) is 13.8 Å². The van der Waals surface area contributed by atoms with Crippen LogP contribution in [0.1, 0.15) is 19.6 Å². The third kappa shape index (κ3) is 4.00. The molecule has 0 amide bonds. The topological polar surface area (TPSA) is 155 Å². The number of aliphatic carboxylic acids is 1. The number of carboxylic acids is 1. The lowest BCUT2D eigenvalue weighted by atomic mass is 10.1. The van der Waals surface area contributed by atoms with Gasteiger partial charge in [-0.05, 0) is 12.5 Å². The first kappa shape index (κ1) is 21.0. The van der Waals surface area contributed by atoms with Gasteiger partial charge in [0.15, 0.2) is 6.10 Å². The fourth-order valence-electron chi connectivity index (χ4n) is 2.71. The van der Waals surface area contributed by atoms with Gasteiger partial charge in [0.05, 0.1) is 19.1 Å². The normalized spacial score (nSPS) is 32.6. The van der Waals surface area contributed by atoms with Crippen LogP contribution in [-0.2, 0) is 23.1 Å². The van der Waals surface area contributed by atoms with Crippen molar-refractivity contribution in [1.82, 2.24) is 9.55 Å². The van der Waals surface area contributed by atoms with Crippen LogP contribution in [0.3, 0.4) is 0 Å². The van der Waals surface area contributed by atoms with Crippen molar-refractivity contribution in [3.05, 3.63) is 22.7 Å². The maximum absolute atomic E-state index is 14.9. The molecule has 1 radical (unpaired) electrons.